The van der Waals surface area contributed by atoms with Crippen LogP contribution in [0.1, 0.15) is 101 Å². The highest BCUT2D eigenvalue weighted by atomic mass is 19.2. The second-order valence-electron chi connectivity index (χ2n) is 10.3. The van der Waals surface area contributed by atoms with Crippen LogP contribution in [0.25, 0.3) is 0 Å². The van der Waals surface area contributed by atoms with Crippen molar-refractivity contribution >= 4 is 11.4 Å². The molecular weight excluding hydrogens is 418 g/mol. The fourth-order valence-corrected chi connectivity index (χ4v) is 4.96. The Kier molecular flexibility index (Phi) is 7.73. The molecule has 0 aromatic heterocycles. The minimum Gasteiger partial charge on any atom is -0.344 e. The third kappa shape index (κ3) is 4.49. The third-order valence-electron chi connectivity index (χ3n) is 6.65. The SMILES string of the molecule is COC1N(c2c(C(C)C)cccc2C(C)C)C(F)C(F)N1c1c(C(C)C)cccc1C(C)C. The summed E-state index contributed by atoms with van der Waals surface area (Å²) in [6, 6.07) is 12.1. The molecule has 0 amide bonds. The monoisotopic (exact) mass is 458 g/mol. The summed E-state index contributed by atoms with van der Waals surface area (Å²) < 4.78 is 37.9. The molecule has 5 heteroatoms. The number of ether oxygens (including phenoxy) is 1. The van der Waals surface area contributed by atoms with Gasteiger partial charge in [-0.1, -0.05) is 91.8 Å². The zero-order valence-electron chi connectivity index (χ0n) is 21.6. The van der Waals surface area contributed by atoms with Gasteiger partial charge in [-0.25, -0.2) is 8.78 Å². The maximum absolute atomic E-state index is 16.0. The molecule has 0 radical (unpaired) electrons. The van der Waals surface area contributed by atoms with Crippen molar-refractivity contribution in [3.63, 3.8) is 0 Å². The lowest BCUT2D eigenvalue weighted by Crippen LogP contribution is -2.44. The van der Waals surface area contributed by atoms with Crippen molar-refractivity contribution in [2.75, 3.05) is 16.9 Å². The first-order chi connectivity index (χ1) is 15.5. The molecule has 0 aliphatic carbocycles. The molecule has 0 saturated carbocycles. The number of nitrogens with zero attached hydrogens (tertiary/aromatic N) is 2. The molecule has 1 aliphatic heterocycles. The number of hydrogen-bond acceptors (Lipinski definition) is 3. The number of benzene rings is 2. The number of anilines is 2. The first-order valence-electron chi connectivity index (χ1n) is 12.2. The Labute approximate surface area is 198 Å². The second kappa shape index (κ2) is 10.0. The molecule has 0 bridgehead atoms. The first kappa shape index (κ1) is 25.5. The van der Waals surface area contributed by atoms with Gasteiger partial charge < -0.3 is 4.74 Å². The summed E-state index contributed by atoms with van der Waals surface area (Å²) >= 11 is 0. The summed E-state index contributed by atoms with van der Waals surface area (Å²) in [7, 11) is 1.54. The summed E-state index contributed by atoms with van der Waals surface area (Å²) in [5, 5.41) is 0. The number of hydrogen-bond donors (Lipinski definition) is 0. The van der Waals surface area contributed by atoms with Gasteiger partial charge in [-0.05, 0) is 45.9 Å². The zero-order chi connectivity index (χ0) is 24.6. The van der Waals surface area contributed by atoms with E-state index in [0.29, 0.717) is 0 Å². The molecule has 3 rings (SSSR count). The van der Waals surface area contributed by atoms with E-state index in [-0.39, 0.29) is 23.7 Å². The van der Waals surface area contributed by atoms with Crippen LogP contribution in [0.4, 0.5) is 20.2 Å². The van der Waals surface area contributed by atoms with Crippen molar-refractivity contribution in [2.24, 2.45) is 0 Å². The summed E-state index contributed by atoms with van der Waals surface area (Å²) in [4.78, 5) is 3.05. The Balaban J connectivity index is 2.28. The Morgan fingerprint density at radius 3 is 1.09 bits per heavy atom. The van der Waals surface area contributed by atoms with Crippen LogP contribution in [0, 0.1) is 0 Å². The Morgan fingerprint density at radius 2 is 0.879 bits per heavy atom. The molecule has 1 fully saturated rings. The number of alkyl halides is 2. The van der Waals surface area contributed by atoms with Crippen LogP contribution in [-0.2, 0) is 4.74 Å². The van der Waals surface area contributed by atoms with E-state index in [9.17, 15) is 0 Å². The van der Waals surface area contributed by atoms with Gasteiger partial charge >= 0.3 is 0 Å². The molecule has 1 saturated heterocycles. The number of methoxy groups -OCH3 is 1. The molecular formula is C28H40F2N2O. The Morgan fingerprint density at radius 1 is 0.606 bits per heavy atom. The average molecular weight is 459 g/mol. The number of rotatable bonds is 7. The van der Waals surface area contributed by atoms with Crippen LogP contribution >= 0.6 is 0 Å². The van der Waals surface area contributed by atoms with Crippen LogP contribution in [-0.4, -0.2) is 26.1 Å². The van der Waals surface area contributed by atoms with E-state index in [2.05, 4.69) is 55.4 Å². The highest BCUT2D eigenvalue weighted by Crippen LogP contribution is 2.47. The smallest absolute Gasteiger partial charge is 0.226 e. The van der Waals surface area contributed by atoms with Gasteiger partial charge in [0.2, 0.25) is 18.9 Å². The fraction of sp³-hybridized carbons (Fsp3) is 0.571. The van der Waals surface area contributed by atoms with Crippen molar-refractivity contribution in [3.8, 4) is 0 Å². The number of para-hydroxylation sites is 2. The van der Waals surface area contributed by atoms with Gasteiger partial charge in [0.25, 0.3) is 0 Å². The van der Waals surface area contributed by atoms with Crippen LogP contribution in [0.3, 0.4) is 0 Å². The highest BCUT2D eigenvalue weighted by molar-refractivity contribution is 5.69. The Bertz CT molecular complexity index is 829. The largest absolute Gasteiger partial charge is 0.344 e. The van der Waals surface area contributed by atoms with Gasteiger partial charge in [0, 0.05) is 7.11 Å². The summed E-state index contributed by atoms with van der Waals surface area (Å²) in [6.07, 6.45) is -4.61. The minimum atomic E-state index is -1.85. The van der Waals surface area contributed by atoms with E-state index in [4.69, 9.17) is 4.74 Å². The van der Waals surface area contributed by atoms with E-state index >= 15 is 8.78 Å². The van der Waals surface area contributed by atoms with Crippen molar-refractivity contribution in [3.05, 3.63) is 58.7 Å². The second-order valence-corrected chi connectivity index (χ2v) is 10.3. The summed E-state index contributed by atoms with van der Waals surface area (Å²) in [5.41, 5.74) is 5.50. The van der Waals surface area contributed by atoms with E-state index in [1.54, 1.807) is 0 Å². The predicted octanol–water partition coefficient (Wildman–Crippen LogP) is 8.03. The standard InChI is InChI=1S/C28H40F2N2O/c1-16(2)20-12-10-13-21(17(3)4)24(20)31-26(29)27(30)32(28(31)33-9)25-22(18(5)6)14-11-15-23(25)19(7)8/h10-19,26-28H,1-9H3. The van der Waals surface area contributed by atoms with Gasteiger partial charge in [-0.15, -0.1) is 0 Å². The molecule has 0 N–H and O–H groups in total. The molecule has 182 valence electrons. The summed E-state index contributed by atoms with van der Waals surface area (Å²) in [6.45, 7) is 16.7. The van der Waals surface area contributed by atoms with Crippen LogP contribution in [0.2, 0.25) is 0 Å². The topological polar surface area (TPSA) is 15.7 Å². The summed E-state index contributed by atoms with van der Waals surface area (Å²) in [5.74, 6) is 0.628. The maximum Gasteiger partial charge on any atom is 0.226 e. The molecule has 3 nitrogen and oxygen atoms in total. The molecule has 0 spiro atoms. The van der Waals surface area contributed by atoms with Crippen molar-refractivity contribution in [1.29, 1.82) is 0 Å². The van der Waals surface area contributed by atoms with Crippen LogP contribution in [0.15, 0.2) is 36.4 Å². The lowest BCUT2D eigenvalue weighted by atomic mass is 9.91. The quantitative estimate of drug-likeness (QED) is 0.391. The number of halogens is 2. The van der Waals surface area contributed by atoms with Crippen molar-refractivity contribution < 1.29 is 13.5 Å². The zero-order valence-corrected chi connectivity index (χ0v) is 21.6. The minimum absolute atomic E-state index is 0.157. The van der Waals surface area contributed by atoms with Crippen LogP contribution in [0.5, 0.6) is 0 Å². The average Bonchev–Trinajstić information content (AvgIpc) is 3.01. The normalized spacial score (nSPS) is 21.4. The molecule has 2 aromatic carbocycles. The van der Waals surface area contributed by atoms with E-state index in [0.717, 1.165) is 33.6 Å². The molecule has 2 atom stereocenters. The molecule has 2 aromatic rings. The van der Waals surface area contributed by atoms with Gasteiger partial charge in [0.1, 0.15) is 0 Å². The van der Waals surface area contributed by atoms with Crippen LogP contribution < -0.4 is 9.80 Å². The van der Waals surface area contributed by atoms with Gasteiger partial charge in [0.05, 0.1) is 11.4 Å². The molecule has 1 aliphatic rings. The molecule has 33 heavy (non-hydrogen) atoms. The first-order valence-corrected chi connectivity index (χ1v) is 12.2. The molecule has 1 heterocycles. The lowest BCUT2D eigenvalue weighted by Gasteiger charge is -2.36. The lowest BCUT2D eigenvalue weighted by molar-refractivity contribution is 0.103. The third-order valence-corrected chi connectivity index (χ3v) is 6.65. The van der Waals surface area contributed by atoms with E-state index in [1.165, 1.54) is 16.9 Å². The van der Waals surface area contributed by atoms with Gasteiger partial charge in [0.15, 0.2) is 0 Å². The van der Waals surface area contributed by atoms with Crippen molar-refractivity contribution in [1.82, 2.24) is 0 Å². The fourth-order valence-electron chi connectivity index (χ4n) is 4.96. The van der Waals surface area contributed by atoms with E-state index < -0.39 is 18.9 Å². The van der Waals surface area contributed by atoms with E-state index in [1.807, 2.05) is 36.4 Å². The van der Waals surface area contributed by atoms with Gasteiger partial charge in [-0.2, -0.15) is 0 Å². The highest BCUT2D eigenvalue weighted by Gasteiger charge is 2.51. The predicted molar refractivity (Wildman–Crippen MR) is 135 cm³/mol. The Hall–Kier alpha value is -2.14. The van der Waals surface area contributed by atoms with Gasteiger partial charge in [-0.3, -0.25) is 9.80 Å². The molecule has 2 unspecified atom stereocenters. The van der Waals surface area contributed by atoms with Crippen molar-refractivity contribution in [2.45, 2.75) is 98.0 Å². The maximum atomic E-state index is 16.0.